The monoisotopic (exact) mass is 309 g/mol. The van der Waals surface area contributed by atoms with Crippen LogP contribution in [0.4, 0.5) is 5.95 Å². The molecule has 2 N–H and O–H groups in total. The Bertz CT molecular complexity index is 784. The molecule has 2 aromatic heterocycles. The quantitative estimate of drug-likeness (QED) is 0.776. The number of nitrogens with one attached hydrogen (secondary N) is 1. The Morgan fingerprint density at radius 2 is 1.91 bits per heavy atom. The van der Waals surface area contributed by atoms with Gasteiger partial charge in [0, 0.05) is 27.2 Å². The molecule has 122 valence electrons. The number of aliphatic hydroxyl groups excluding tert-OH is 1. The molecule has 0 unspecified atom stereocenters. The van der Waals surface area contributed by atoms with Crippen molar-refractivity contribution in [2.45, 2.75) is 26.8 Å². The van der Waals surface area contributed by atoms with Gasteiger partial charge in [0.25, 0.3) is 5.56 Å². The van der Waals surface area contributed by atoms with Gasteiger partial charge in [-0.3, -0.25) is 13.9 Å². The van der Waals surface area contributed by atoms with Crippen LogP contribution in [0.1, 0.15) is 20.3 Å². The van der Waals surface area contributed by atoms with Gasteiger partial charge >= 0.3 is 5.69 Å². The average Bonchev–Trinajstić information content (AvgIpc) is 2.85. The lowest BCUT2D eigenvalue weighted by Gasteiger charge is -2.11. The van der Waals surface area contributed by atoms with Crippen LogP contribution >= 0.6 is 0 Å². The van der Waals surface area contributed by atoms with Crippen LogP contribution in [0, 0.1) is 5.92 Å². The normalized spacial score (nSPS) is 11.5. The standard InChI is InChI=1S/C14H23N5O3/c1-9(2)5-7-19-10-11(16-13(19)15-6-8-20)17(3)14(22)18(4)12(10)21/h9,20H,5-8H2,1-4H3,(H,15,16). The van der Waals surface area contributed by atoms with Crippen molar-refractivity contribution >= 4 is 17.1 Å². The highest BCUT2D eigenvalue weighted by Gasteiger charge is 2.18. The number of fused-ring (bicyclic) bond motifs is 1. The van der Waals surface area contributed by atoms with E-state index in [0.717, 1.165) is 11.0 Å². The third-order valence-corrected chi connectivity index (χ3v) is 3.67. The summed E-state index contributed by atoms with van der Waals surface area (Å²) in [5, 5.41) is 12.0. The molecule has 0 aromatic carbocycles. The first-order chi connectivity index (χ1) is 10.4. The molecule has 2 aromatic rings. The molecule has 2 rings (SSSR count). The number of hydrogen-bond donors (Lipinski definition) is 2. The van der Waals surface area contributed by atoms with Crippen LogP contribution < -0.4 is 16.6 Å². The maximum absolute atomic E-state index is 12.5. The summed E-state index contributed by atoms with van der Waals surface area (Å²) in [6, 6.07) is 0. The molecule has 0 radical (unpaired) electrons. The highest BCUT2D eigenvalue weighted by Crippen LogP contribution is 2.17. The first kappa shape index (κ1) is 16.3. The van der Waals surface area contributed by atoms with Gasteiger partial charge < -0.3 is 15.0 Å². The molecule has 0 spiro atoms. The highest BCUT2D eigenvalue weighted by atomic mass is 16.3. The zero-order valence-electron chi connectivity index (χ0n) is 13.5. The van der Waals surface area contributed by atoms with E-state index in [1.807, 2.05) is 0 Å². The molecule has 0 aliphatic heterocycles. The van der Waals surface area contributed by atoms with Crippen LogP contribution in [0.25, 0.3) is 11.2 Å². The number of aromatic nitrogens is 4. The Morgan fingerprint density at radius 1 is 1.23 bits per heavy atom. The third-order valence-electron chi connectivity index (χ3n) is 3.67. The van der Waals surface area contributed by atoms with Crippen molar-refractivity contribution in [3.8, 4) is 0 Å². The molecular formula is C14H23N5O3. The van der Waals surface area contributed by atoms with Crippen LogP contribution in [-0.2, 0) is 20.6 Å². The molecule has 0 saturated carbocycles. The van der Waals surface area contributed by atoms with Crippen molar-refractivity contribution < 1.29 is 5.11 Å². The van der Waals surface area contributed by atoms with E-state index in [4.69, 9.17) is 5.11 Å². The number of aryl methyl sites for hydroxylation is 2. The van der Waals surface area contributed by atoms with Crippen LogP contribution in [0.15, 0.2) is 9.59 Å². The van der Waals surface area contributed by atoms with Gasteiger partial charge in [-0.2, -0.15) is 4.98 Å². The fourth-order valence-corrected chi connectivity index (χ4v) is 2.35. The molecule has 22 heavy (non-hydrogen) atoms. The Hall–Kier alpha value is -2.09. The molecular weight excluding hydrogens is 286 g/mol. The van der Waals surface area contributed by atoms with Gasteiger partial charge in [0.1, 0.15) is 0 Å². The summed E-state index contributed by atoms with van der Waals surface area (Å²) >= 11 is 0. The second-order valence-corrected chi connectivity index (χ2v) is 5.80. The van der Waals surface area contributed by atoms with Gasteiger partial charge in [-0.25, -0.2) is 4.79 Å². The van der Waals surface area contributed by atoms with E-state index in [-0.39, 0.29) is 12.2 Å². The molecule has 0 saturated heterocycles. The first-order valence-electron chi connectivity index (χ1n) is 7.39. The zero-order valence-corrected chi connectivity index (χ0v) is 13.5. The molecule has 8 nitrogen and oxygen atoms in total. The Labute approximate surface area is 128 Å². The average molecular weight is 309 g/mol. The molecule has 8 heteroatoms. The van der Waals surface area contributed by atoms with Gasteiger partial charge in [0.2, 0.25) is 5.95 Å². The number of rotatable bonds is 6. The van der Waals surface area contributed by atoms with Crippen molar-refractivity contribution in [1.82, 2.24) is 18.7 Å². The summed E-state index contributed by atoms with van der Waals surface area (Å²) in [7, 11) is 3.06. The number of imidazole rings is 1. The SMILES string of the molecule is CC(C)CCn1c(NCCO)nc2c1c(=O)n(C)c(=O)n2C. The van der Waals surface area contributed by atoms with Gasteiger partial charge in [0.15, 0.2) is 11.2 Å². The summed E-state index contributed by atoms with van der Waals surface area (Å²) < 4.78 is 4.26. The molecule has 0 bridgehead atoms. The molecule has 0 fully saturated rings. The molecule has 0 aliphatic carbocycles. The maximum Gasteiger partial charge on any atom is 0.332 e. The lowest BCUT2D eigenvalue weighted by atomic mass is 10.1. The summed E-state index contributed by atoms with van der Waals surface area (Å²) in [6.07, 6.45) is 0.880. The van der Waals surface area contributed by atoms with E-state index < -0.39 is 5.69 Å². The van der Waals surface area contributed by atoms with Gasteiger partial charge in [0.05, 0.1) is 6.61 Å². The van der Waals surface area contributed by atoms with Crippen molar-refractivity contribution in [2.24, 2.45) is 20.0 Å². The highest BCUT2D eigenvalue weighted by molar-refractivity contribution is 5.74. The number of nitrogens with zero attached hydrogens (tertiary/aromatic N) is 4. The summed E-state index contributed by atoms with van der Waals surface area (Å²) in [5.74, 6) is 0.975. The van der Waals surface area contributed by atoms with Crippen LogP contribution in [0.3, 0.4) is 0 Å². The summed E-state index contributed by atoms with van der Waals surface area (Å²) in [6.45, 7) is 5.13. The van der Waals surface area contributed by atoms with E-state index >= 15 is 0 Å². The molecule has 0 atom stereocenters. The van der Waals surface area contributed by atoms with E-state index in [1.165, 1.54) is 11.6 Å². The number of hydrogen-bond acceptors (Lipinski definition) is 5. The van der Waals surface area contributed by atoms with E-state index in [9.17, 15) is 9.59 Å². The lowest BCUT2D eigenvalue weighted by molar-refractivity contribution is 0.310. The minimum Gasteiger partial charge on any atom is -0.395 e. The van der Waals surface area contributed by atoms with Crippen molar-refractivity contribution in [1.29, 1.82) is 0 Å². The van der Waals surface area contributed by atoms with Crippen LogP contribution in [0.2, 0.25) is 0 Å². The van der Waals surface area contributed by atoms with E-state index in [2.05, 4.69) is 24.1 Å². The van der Waals surface area contributed by atoms with Gasteiger partial charge in [-0.15, -0.1) is 0 Å². The van der Waals surface area contributed by atoms with Crippen molar-refractivity contribution in [2.75, 3.05) is 18.5 Å². The maximum atomic E-state index is 12.5. The van der Waals surface area contributed by atoms with Crippen LogP contribution in [0.5, 0.6) is 0 Å². The molecule has 2 heterocycles. The first-order valence-corrected chi connectivity index (χ1v) is 7.39. The van der Waals surface area contributed by atoms with Crippen molar-refractivity contribution in [3.05, 3.63) is 20.8 Å². The summed E-state index contributed by atoms with van der Waals surface area (Å²) in [4.78, 5) is 28.9. The Morgan fingerprint density at radius 3 is 2.50 bits per heavy atom. The number of aliphatic hydroxyl groups is 1. The Balaban J connectivity index is 2.70. The van der Waals surface area contributed by atoms with E-state index in [1.54, 1.807) is 11.6 Å². The van der Waals surface area contributed by atoms with Crippen molar-refractivity contribution in [3.63, 3.8) is 0 Å². The minimum atomic E-state index is -0.403. The predicted molar refractivity (Wildman–Crippen MR) is 85.2 cm³/mol. The smallest absolute Gasteiger partial charge is 0.332 e. The Kier molecular flexibility index (Phi) is 4.70. The topological polar surface area (TPSA) is 94.1 Å². The molecule has 0 aliphatic rings. The predicted octanol–water partition coefficient (Wildman–Crippen LogP) is -0.116. The zero-order chi connectivity index (χ0) is 16.4. The number of anilines is 1. The van der Waals surface area contributed by atoms with Gasteiger partial charge in [-0.05, 0) is 12.3 Å². The van der Waals surface area contributed by atoms with Gasteiger partial charge in [-0.1, -0.05) is 13.8 Å². The lowest BCUT2D eigenvalue weighted by Crippen LogP contribution is -2.37. The molecule has 0 amide bonds. The second-order valence-electron chi connectivity index (χ2n) is 5.80. The summed E-state index contributed by atoms with van der Waals surface area (Å²) in [5.41, 5.74) is 0.00843. The fourth-order valence-electron chi connectivity index (χ4n) is 2.35. The fraction of sp³-hybridized carbons (Fsp3) is 0.643. The third kappa shape index (κ3) is 2.78. The second kappa shape index (κ2) is 6.35. The minimum absolute atomic E-state index is 0.0374. The van der Waals surface area contributed by atoms with Crippen LogP contribution in [-0.4, -0.2) is 36.9 Å². The van der Waals surface area contributed by atoms with E-state index in [0.29, 0.717) is 36.1 Å². The largest absolute Gasteiger partial charge is 0.395 e.